The summed E-state index contributed by atoms with van der Waals surface area (Å²) in [5.74, 6) is 0.637. The van der Waals surface area contributed by atoms with E-state index in [9.17, 15) is 8.42 Å². The van der Waals surface area contributed by atoms with Crippen molar-refractivity contribution in [2.45, 2.75) is 11.3 Å². The van der Waals surface area contributed by atoms with Crippen molar-refractivity contribution in [3.05, 3.63) is 30.3 Å². The quantitative estimate of drug-likeness (QED) is 0.850. The van der Waals surface area contributed by atoms with Gasteiger partial charge in [-0.25, -0.2) is 13.1 Å². The van der Waals surface area contributed by atoms with E-state index in [2.05, 4.69) is 16.7 Å². The van der Waals surface area contributed by atoms with Gasteiger partial charge in [-0.3, -0.25) is 0 Å². The topological polar surface area (TPSA) is 49.4 Å². The molecule has 1 aliphatic heterocycles. The van der Waals surface area contributed by atoms with Crippen molar-refractivity contribution in [3.8, 4) is 0 Å². The Bertz CT molecular complexity index is 453. The summed E-state index contributed by atoms with van der Waals surface area (Å²) in [5.41, 5.74) is 0. The van der Waals surface area contributed by atoms with E-state index in [1.807, 2.05) is 6.07 Å². The van der Waals surface area contributed by atoms with Gasteiger partial charge < -0.3 is 4.90 Å². The molecule has 0 aromatic heterocycles. The molecule has 2 rings (SSSR count). The number of benzene rings is 1. The minimum atomic E-state index is -3.32. The summed E-state index contributed by atoms with van der Waals surface area (Å²) in [6, 6.07) is 8.49. The van der Waals surface area contributed by atoms with Crippen molar-refractivity contribution in [1.29, 1.82) is 0 Å². The van der Waals surface area contributed by atoms with Crippen LogP contribution in [0.25, 0.3) is 0 Å². The largest absolute Gasteiger partial charge is 0.306 e. The molecule has 0 unspecified atom stereocenters. The van der Waals surface area contributed by atoms with Crippen molar-refractivity contribution in [3.63, 3.8) is 0 Å². The van der Waals surface area contributed by atoms with Gasteiger partial charge in [0.05, 0.1) is 4.90 Å². The number of hydrogen-bond acceptors (Lipinski definition) is 3. The molecule has 0 aliphatic carbocycles. The Kier molecular flexibility index (Phi) is 3.81. The first-order valence-electron chi connectivity index (χ1n) is 5.81. The van der Waals surface area contributed by atoms with Crippen LogP contribution in [0.15, 0.2) is 35.2 Å². The van der Waals surface area contributed by atoms with Gasteiger partial charge in [-0.05, 0) is 31.5 Å². The number of rotatable bonds is 5. The highest BCUT2D eigenvalue weighted by Gasteiger charge is 2.23. The molecule has 17 heavy (non-hydrogen) atoms. The number of nitrogens with one attached hydrogen (secondary N) is 1. The predicted molar refractivity (Wildman–Crippen MR) is 67.2 cm³/mol. The maximum Gasteiger partial charge on any atom is 0.240 e. The van der Waals surface area contributed by atoms with Crippen LogP contribution in [-0.4, -0.2) is 40.0 Å². The number of nitrogens with zero attached hydrogens (tertiary/aromatic N) is 1. The lowest BCUT2D eigenvalue weighted by Crippen LogP contribution is -2.45. The van der Waals surface area contributed by atoms with Crippen molar-refractivity contribution in [2.24, 2.45) is 5.92 Å². The molecule has 94 valence electrons. The molecule has 0 bridgehead atoms. The van der Waals surface area contributed by atoms with Crippen LogP contribution >= 0.6 is 0 Å². The lowest BCUT2D eigenvalue weighted by molar-refractivity contribution is 0.128. The van der Waals surface area contributed by atoms with Crippen molar-refractivity contribution in [2.75, 3.05) is 26.7 Å². The Labute approximate surface area is 103 Å². The number of sulfonamides is 1. The average Bonchev–Trinajstić information content (AvgIpc) is 2.28. The summed E-state index contributed by atoms with van der Waals surface area (Å²) in [7, 11) is -1.24. The van der Waals surface area contributed by atoms with E-state index < -0.39 is 10.0 Å². The van der Waals surface area contributed by atoms with Gasteiger partial charge in [0.25, 0.3) is 0 Å². The van der Waals surface area contributed by atoms with Crippen molar-refractivity contribution in [1.82, 2.24) is 9.62 Å². The number of hydrogen-bond donors (Lipinski definition) is 1. The molecule has 0 spiro atoms. The van der Waals surface area contributed by atoms with E-state index in [1.165, 1.54) is 0 Å². The Morgan fingerprint density at radius 3 is 2.53 bits per heavy atom. The summed E-state index contributed by atoms with van der Waals surface area (Å²) in [4.78, 5) is 2.57. The van der Waals surface area contributed by atoms with Crippen molar-refractivity contribution >= 4 is 10.0 Å². The van der Waals surface area contributed by atoms with Gasteiger partial charge in [0.15, 0.2) is 0 Å². The first-order valence-corrected chi connectivity index (χ1v) is 7.29. The highest BCUT2D eigenvalue weighted by molar-refractivity contribution is 7.89. The third kappa shape index (κ3) is 3.28. The lowest BCUT2D eigenvalue weighted by Gasteiger charge is -2.36. The van der Waals surface area contributed by atoms with Gasteiger partial charge in [-0.1, -0.05) is 18.2 Å². The first kappa shape index (κ1) is 12.5. The van der Waals surface area contributed by atoms with Gasteiger partial charge in [-0.15, -0.1) is 0 Å². The predicted octanol–water partition coefficient (Wildman–Crippen LogP) is 0.917. The zero-order valence-corrected chi connectivity index (χ0v) is 10.8. The van der Waals surface area contributed by atoms with E-state index in [0.29, 0.717) is 17.4 Å². The zero-order chi connectivity index (χ0) is 12.3. The molecule has 1 saturated heterocycles. The van der Waals surface area contributed by atoms with Crippen LogP contribution in [0.1, 0.15) is 6.42 Å². The van der Waals surface area contributed by atoms with Crippen LogP contribution in [0.2, 0.25) is 0 Å². The zero-order valence-electron chi connectivity index (χ0n) is 9.96. The normalized spacial score (nSPS) is 17.9. The Morgan fingerprint density at radius 2 is 1.94 bits per heavy atom. The second kappa shape index (κ2) is 5.16. The summed E-state index contributed by atoms with van der Waals surface area (Å²) in [6.45, 7) is 2.68. The molecular formula is C12H18N2O2S. The summed E-state index contributed by atoms with van der Waals surface area (Å²) in [6.07, 6.45) is 0.913. The minimum absolute atomic E-state index is 0.339. The monoisotopic (exact) mass is 254 g/mol. The van der Waals surface area contributed by atoms with E-state index in [4.69, 9.17) is 0 Å². The third-order valence-corrected chi connectivity index (χ3v) is 4.51. The molecule has 1 aliphatic rings. The molecule has 1 aromatic rings. The van der Waals surface area contributed by atoms with Crippen molar-refractivity contribution < 1.29 is 8.42 Å². The first-order chi connectivity index (χ1) is 8.08. The Hall–Kier alpha value is -0.910. The molecule has 1 N–H and O–H groups in total. The number of likely N-dealkylation sites (tertiary alicyclic amines) is 1. The molecule has 0 radical (unpaired) electrons. The fourth-order valence-corrected chi connectivity index (χ4v) is 3.16. The summed E-state index contributed by atoms with van der Waals surface area (Å²) in [5, 5.41) is 0. The summed E-state index contributed by atoms with van der Waals surface area (Å²) < 4.78 is 26.4. The molecule has 1 fully saturated rings. The molecule has 0 saturated carbocycles. The van der Waals surface area contributed by atoms with E-state index in [0.717, 1.165) is 19.5 Å². The van der Waals surface area contributed by atoms with Gasteiger partial charge >= 0.3 is 0 Å². The third-order valence-electron chi connectivity index (χ3n) is 3.04. The average molecular weight is 254 g/mol. The van der Waals surface area contributed by atoms with Gasteiger partial charge in [0, 0.05) is 19.6 Å². The Morgan fingerprint density at radius 1 is 1.29 bits per heavy atom. The smallest absolute Gasteiger partial charge is 0.240 e. The highest BCUT2D eigenvalue weighted by atomic mass is 32.2. The maximum atomic E-state index is 11.9. The SMILES string of the molecule is CN1CC(CCNS(=O)(=O)c2ccccc2)C1. The fraction of sp³-hybridized carbons (Fsp3) is 0.500. The highest BCUT2D eigenvalue weighted by Crippen LogP contribution is 2.16. The van der Waals surface area contributed by atoms with E-state index in [1.54, 1.807) is 24.3 Å². The second-order valence-electron chi connectivity index (χ2n) is 4.59. The molecule has 1 heterocycles. The second-order valence-corrected chi connectivity index (χ2v) is 6.35. The van der Waals surface area contributed by atoms with Crippen LogP contribution in [-0.2, 0) is 10.0 Å². The van der Waals surface area contributed by atoms with E-state index >= 15 is 0 Å². The van der Waals surface area contributed by atoms with Gasteiger partial charge in [0.1, 0.15) is 0 Å². The molecule has 0 amide bonds. The van der Waals surface area contributed by atoms with Gasteiger partial charge in [-0.2, -0.15) is 0 Å². The molecule has 0 atom stereocenters. The lowest BCUT2D eigenvalue weighted by atomic mass is 9.98. The fourth-order valence-electron chi connectivity index (χ4n) is 2.09. The minimum Gasteiger partial charge on any atom is -0.306 e. The summed E-state index contributed by atoms with van der Waals surface area (Å²) >= 11 is 0. The maximum absolute atomic E-state index is 11.9. The molecule has 4 nitrogen and oxygen atoms in total. The standard InChI is InChI=1S/C12H18N2O2S/c1-14-9-11(10-14)7-8-13-17(15,16)12-5-3-2-4-6-12/h2-6,11,13H,7-10H2,1H3. The van der Waals surface area contributed by atoms with Crippen LogP contribution < -0.4 is 4.72 Å². The Balaban J connectivity index is 1.82. The van der Waals surface area contributed by atoms with Crippen LogP contribution in [0.3, 0.4) is 0 Å². The van der Waals surface area contributed by atoms with Crippen LogP contribution in [0, 0.1) is 5.92 Å². The van der Waals surface area contributed by atoms with Crippen LogP contribution in [0.4, 0.5) is 0 Å². The van der Waals surface area contributed by atoms with Crippen LogP contribution in [0.5, 0.6) is 0 Å². The van der Waals surface area contributed by atoms with Gasteiger partial charge in [0.2, 0.25) is 10.0 Å². The molecule has 1 aromatic carbocycles. The van der Waals surface area contributed by atoms with E-state index in [-0.39, 0.29) is 0 Å². The molecule has 5 heteroatoms. The molecular weight excluding hydrogens is 236 g/mol.